The fourth-order valence-corrected chi connectivity index (χ4v) is 4.20. The number of aliphatic hydroxyl groups excluding tert-OH is 1. The molecule has 3 atom stereocenters. The second-order valence-corrected chi connectivity index (χ2v) is 6.74. The number of para-hydroxylation sites is 1. The van der Waals surface area contributed by atoms with Crippen LogP contribution in [0, 0.1) is 11.8 Å². The summed E-state index contributed by atoms with van der Waals surface area (Å²) in [4.78, 5) is 0. The molecule has 1 aromatic carbocycles. The summed E-state index contributed by atoms with van der Waals surface area (Å²) in [6, 6.07) is 8.00. The van der Waals surface area contributed by atoms with Crippen molar-refractivity contribution in [2.45, 2.75) is 56.7 Å². The first-order chi connectivity index (χ1) is 9.26. The van der Waals surface area contributed by atoms with Crippen LogP contribution >= 0.6 is 0 Å². The molecule has 0 radical (unpaired) electrons. The average Bonchev–Trinajstić information content (AvgIpc) is 3.23. The van der Waals surface area contributed by atoms with Crippen molar-refractivity contribution in [1.29, 1.82) is 0 Å². The average molecular weight is 258 g/mol. The number of aliphatic hydroxyl groups is 1. The Kier molecular flexibility index (Phi) is 2.63. The monoisotopic (exact) mass is 258 g/mol. The zero-order valence-electron chi connectivity index (χ0n) is 11.3. The Morgan fingerprint density at radius 1 is 1.05 bits per heavy atom. The minimum absolute atomic E-state index is 0.0841. The van der Waals surface area contributed by atoms with E-state index in [9.17, 15) is 5.11 Å². The van der Waals surface area contributed by atoms with Crippen LogP contribution in [0.4, 0.5) is 0 Å². The summed E-state index contributed by atoms with van der Waals surface area (Å²) in [5.41, 5.74) is 0.890. The summed E-state index contributed by atoms with van der Waals surface area (Å²) in [5, 5.41) is 10.4. The first kappa shape index (κ1) is 11.8. The van der Waals surface area contributed by atoms with Crippen LogP contribution in [0.3, 0.4) is 0 Å². The zero-order valence-corrected chi connectivity index (χ0v) is 11.3. The Labute approximate surface area is 114 Å². The number of ether oxygens (including phenoxy) is 1. The van der Waals surface area contributed by atoms with E-state index in [2.05, 4.69) is 0 Å². The smallest absolute Gasteiger partial charge is 0.125 e. The van der Waals surface area contributed by atoms with Crippen molar-refractivity contribution in [2.75, 3.05) is 0 Å². The fraction of sp³-hybridized carbons (Fsp3) is 0.647. The Morgan fingerprint density at radius 3 is 2.74 bits per heavy atom. The SMILES string of the molecule is OC1CC2(CCCC(C3CC3)C2)Oc2ccccc21. The highest BCUT2D eigenvalue weighted by Crippen LogP contribution is 2.52. The van der Waals surface area contributed by atoms with E-state index < -0.39 is 0 Å². The van der Waals surface area contributed by atoms with Crippen molar-refractivity contribution in [3.05, 3.63) is 29.8 Å². The van der Waals surface area contributed by atoms with E-state index in [0.29, 0.717) is 0 Å². The Hall–Kier alpha value is -1.02. The van der Waals surface area contributed by atoms with Crippen LogP contribution < -0.4 is 4.74 Å². The molecular weight excluding hydrogens is 236 g/mol. The summed E-state index contributed by atoms with van der Waals surface area (Å²) in [5.74, 6) is 2.71. The van der Waals surface area contributed by atoms with Crippen molar-refractivity contribution in [2.24, 2.45) is 11.8 Å². The second-order valence-electron chi connectivity index (χ2n) is 6.74. The van der Waals surface area contributed by atoms with Crippen LogP contribution in [0.15, 0.2) is 24.3 Å². The molecule has 1 N–H and O–H groups in total. The normalized spacial score (nSPS) is 37.7. The number of hydrogen-bond acceptors (Lipinski definition) is 2. The molecule has 1 heterocycles. The molecule has 2 fully saturated rings. The Bertz CT molecular complexity index is 480. The number of hydrogen-bond donors (Lipinski definition) is 1. The zero-order chi connectivity index (χ0) is 12.9. The predicted octanol–water partition coefficient (Wildman–Crippen LogP) is 3.84. The van der Waals surface area contributed by atoms with Crippen molar-refractivity contribution in [3.8, 4) is 5.75 Å². The lowest BCUT2D eigenvalue weighted by Crippen LogP contribution is -2.45. The van der Waals surface area contributed by atoms with Gasteiger partial charge < -0.3 is 9.84 Å². The molecule has 1 spiro atoms. The summed E-state index contributed by atoms with van der Waals surface area (Å²) >= 11 is 0. The van der Waals surface area contributed by atoms with Gasteiger partial charge in [-0.25, -0.2) is 0 Å². The van der Waals surface area contributed by atoms with Gasteiger partial charge in [-0.15, -0.1) is 0 Å². The summed E-state index contributed by atoms with van der Waals surface area (Å²) < 4.78 is 6.38. The standard InChI is InChI=1S/C17H22O2/c18-15-11-17(19-16-6-2-1-5-14(15)16)9-3-4-13(10-17)12-7-8-12/h1-2,5-6,12-13,15,18H,3-4,7-11H2. The molecule has 1 aromatic rings. The van der Waals surface area contributed by atoms with Crippen LogP contribution in [0.1, 0.15) is 56.6 Å². The molecule has 3 aliphatic rings. The maximum atomic E-state index is 10.4. The van der Waals surface area contributed by atoms with Gasteiger partial charge in [0.2, 0.25) is 0 Å². The van der Waals surface area contributed by atoms with Crippen LogP contribution in [-0.4, -0.2) is 10.7 Å². The molecule has 2 nitrogen and oxygen atoms in total. The summed E-state index contributed by atoms with van der Waals surface area (Å²) in [6.07, 6.45) is 8.17. The third kappa shape index (κ3) is 2.06. The van der Waals surface area contributed by atoms with Gasteiger partial charge in [0.25, 0.3) is 0 Å². The number of rotatable bonds is 1. The van der Waals surface area contributed by atoms with Gasteiger partial charge in [0.05, 0.1) is 6.10 Å². The van der Waals surface area contributed by atoms with E-state index in [1.165, 1.54) is 25.7 Å². The third-order valence-electron chi connectivity index (χ3n) is 5.30. The van der Waals surface area contributed by atoms with Crippen LogP contribution in [0.5, 0.6) is 5.75 Å². The van der Waals surface area contributed by atoms with Crippen molar-refractivity contribution < 1.29 is 9.84 Å². The molecule has 0 aromatic heterocycles. The molecule has 0 bridgehead atoms. The van der Waals surface area contributed by atoms with Gasteiger partial charge in [-0.3, -0.25) is 0 Å². The van der Waals surface area contributed by atoms with E-state index in [1.54, 1.807) is 0 Å². The lowest BCUT2D eigenvalue weighted by Gasteiger charge is -2.45. The van der Waals surface area contributed by atoms with Gasteiger partial charge in [-0.05, 0) is 56.4 Å². The van der Waals surface area contributed by atoms with Gasteiger partial charge in [0.1, 0.15) is 11.4 Å². The van der Waals surface area contributed by atoms with Crippen LogP contribution in [0.25, 0.3) is 0 Å². The van der Waals surface area contributed by atoms with Gasteiger partial charge in [-0.2, -0.15) is 0 Å². The Morgan fingerprint density at radius 2 is 1.89 bits per heavy atom. The van der Waals surface area contributed by atoms with Gasteiger partial charge >= 0.3 is 0 Å². The van der Waals surface area contributed by atoms with Gasteiger partial charge in [0, 0.05) is 12.0 Å². The van der Waals surface area contributed by atoms with E-state index in [4.69, 9.17) is 4.74 Å². The van der Waals surface area contributed by atoms with Crippen molar-refractivity contribution in [3.63, 3.8) is 0 Å². The summed E-state index contributed by atoms with van der Waals surface area (Å²) in [6.45, 7) is 0. The highest BCUT2D eigenvalue weighted by atomic mass is 16.5. The van der Waals surface area contributed by atoms with Gasteiger partial charge in [-0.1, -0.05) is 18.2 Å². The molecule has 102 valence electrons. The molecule has 3 unspecified atom stereocenters. The highest BCUT2D eigenvalue weighted by molar-refractivity contribution is 5.38. The fourth-order valence-electron chi connectivity index (χ4n) is 4.20. The lowest BCUT2D eigenvalue weighted by atomic mass is 9.72. The largest absolute Gasteiger partial charge is 0.487 e. The van der Waals surface area contributed by atoms with Gasteiger partial charge in [0.15, 0.2) is 0 Å². The lowest BCUT2D eigenvalue weighted by molar-refractivity contribution is -0.0543. The molecule has 4 rings (SSSR count). The van der Waals surface area contributed by atoms with E-state index in [1.807, 2.05) is 24.3 Å². The summed E-state index contributed by atoms with van der Waals surface area (Å²) in [7, 11) is 0. The van der Waals surface area contributed by atoms with Crippen molar-refractivity contribution >= 4 is 0 Å². The molecule has 2 aliphatic carbocycles. The first-order valence-corrected chi connectivity index (χ1v) is 7.72. The highest BCUT2D eigenvalue weighted by Gasteiger charge is 2.46. The quantitative estimate of drug-likeness (QED) is 0.829. The molecule has 1 aliphatic heterocycles. The molecule has 0 saturated heterocycles. The van der Waals surface area contributed by atoms with E-state index in [0.717, 1.165) is 42.4 Å². The maximum absolute atomic E-state index is 10.4. The minimum atomic E-state index is -0.345. The molecule has 2 saturated carbocycles. The minimum Gasteiger partial charge on any atom is -0.487 e. The maximum Gasteiger partial charge on any atom is 0.125 e. The van der Waals surface area contributed by atoms with Crippen LogP contribution in [-0.2, 0) is 0 Å². The van der Waals surface area contributed by atoms with Crippen LogP contribution in [0.2, 0.25) is 0 Å². The van der Waals surface area contributed by atoms with E-state index in [-0.39, 0.29) is 11.7 Å². The number of benzene rings is 1. The van der Waals surface area contributed by atoms with E-state index >= 15 is 0 Å². The molecule has 19 heavy (non-hydrogen) atoms. The van der Waals surface area contributed by atoms with Crippen molar-refractivity contribution in [1.82, 2.24) is 0 Å². The molecule has 2 heteroatoms. The third-order valence-corrected chi connectivity index (χ3v) is 5.30. The topological polar surface area (TPSA) is 29.5 Å². The molecule has 0 amide bonds. The predicted molar refractivity (Wildman–Crippen MR) is 74.1 cm³/mol. The Balaban J connectivity index is 1.62. The second kappa shape index (κ2) is 4.24. The first-order valence-electron chi connectivity index (χ1n) is 7.72. The molecular formula is C17H22O2. The number of fused-ring (bicyclic) bond motifs is 1.